The lowest BCUT2D eigenvalue weighted by atomic mass is 10.2. The van der Waals surface area contributed by atoms with Gasteiger partial charge >= 0.3 is 0 Å². The molecule has 0 fully saturated rings. The van der Waals surface area contributed by atoms with E-state index < -0.39 is 0 Å². The molecule has 0 radical (unpaired) electrons. The fraction of sp³-hybridized carbons (Fsp3) is 0.267. The molecule has 2 rings (SSSR count). The third-order valence-corrected chi connectivity index (χ3v) is 4.53. The average molecular weight is 317 g/mol. The maximum absolute atomic E-state index is 11.7. The van der Waals surface area contributed by atoms with E-state index in [-0.39, 0.29) is 5.56 Å². The van der Waals surface area contributed by atoms with Crippen molar-refractivity contribution in [2.75, 3.05) is 6.26 Å². The molecule has 21 heavy (non-hydrogen) atoms. The molecule has 1 N–H and O–H groups in total. The predicted octanol–water partition coefficient (Wildman–Crippen LogP) is 3.47. The van der Waals surface area contributed by atoms with Gasteiger partial charge in [-0.3, -0.25) is 4.79 Å². The molecule has 1 aromatic carbocycles. The van der Waals surface area contributed by atoms with Gasteiger partial charge in [-0.15, -0.1) is 11.8 Å². The van der Waals surface area contributed by atoms with Crippen LogP contribution in [0.25, 0.3) is 0 Å². The fourth-order valence-corrected chi connectivity index (χ4v) is 3.46. The van der Waals surface area contributed by atoms with Crippen LogP contribution >= 0.6 is 23.5 Å². The minimum absolute atomic E-state index is 0.157. The van der Waals surface area contributed by atoms with Crippen LogP contribution in [0.5, 0.6) is 0 Å². The number of nitrogens with zero attached hydrogens (tertiary/aromatic N) is 2. The Labute approximate surface area is 132 Å². The van der Waals surface area contributed by atoms with E-state index in [1.807, 2.05) is 31.4 Å². The number of nitriles is 1. The summed E-state index contributed by atoms with van der Waals surface area (Å²) in [4.78, 5) is 20.6. The van der Waals surface area contributed by atoms with Gasteiger partial charge < -0.3 is 4.98 Å². The van der Waals surface area contributed by atoms with E-state index in [0.717, 1.165) is 28.3 Å². The van der Waals surface area contributed by atoms with Crippen LogP contribution in [-0.4, -0.2) is 16.2 Å². The number of H-pyrrole nitrogens is 1. The summed E-state index contributed by atoms with van der Waals surface area (Å²) in [5.41, 5.74) is 1.25. The van der Waals surface area contributed by atoms with Crippen LogP contribution in [-0.2, 0) is 6.42 Å². The predicted molar refractivity (Wildman–Crippen MR) is 85.9 cm³/mol. The minimum atomic E-state index is -0.157. The minimum Gasteiger partial charge on any atom is -0.301 e. The molecule has 0 amide bonds. The molecule has 2 aromatic rings. The van der Waals surface area contributed by atoms with Crippen molar-refractivity contribution in [3.63, 3.8) is 0 Å². The molecular formula is C15H15N3OS2. The smallest absolute Gasteiger partial charge is 0.251 e. The van der Waals surface area contributed by atoms with Gasteiger partial charge in [-0.05, 0) is 24.8 Å². The zero-order valence-electron chi connectivity index (χ0n) is 11.8. The number of benzene rings is 1. The zero-order chi connectivity index (χ0) is 15.2. The summed E-state index contributed by atoms with van der Waals surface area (Å²) < 4.78 is 0. The Hall–Kier alpha value is -1.71. The summed E-state index contributed by atoms with van der Waals surface area (Å²) in [6.45, 7) is 2.05. The molecule has 6 heteroatoms. The first-order chi connectivity index (χ1) is 10.2. The lowest BCUT2D eigenvalue weighted by molar-refractivity contribution is 0.816. The van der Waals surface area contributed by atoms with E-state index in [0.29, 0.717) is 10.7 Å². The van der Waals surface area contributed by atoms with Gasteiger partial charge in [0.05, 0.1) is 5.56 Å². The number of hydrogen-bond acceptors (Lipinski definition) is 5. The summed E-state index contributed by atoms with van der Waals surface area (Å²) in [6, 6.07) is 9.44. The van der Waals surface area contributed by atoms with Crippen LogP contribution < -0.4 is 5.56 Å². The maximum atomic E-state index is 11.7. The molecule has 1 aromatic heterocycles. The number of hydrogen-bond donors (Lipinski definition) is 1. The van der Waals surface area contributed by atoms with Crippen LogP contribution in [0, 0.1) is 11.3 Å². The highest BCUT2D eigenvalue weighted by Crippen LogP contribution is 2.32. The number of aromatic amines is 1. The molecule has 4 nitrogen and oxygen atoms in total. The third kappa shape index (κ3) is 3.90. The van der Waals surface area contributed by atoms with Crippen LogP contribution in [0.3, 0.4) is 0 Å². The Morgan fingerprint density at radius 3 is 2.81 bits per heavy atom. The number of aromatic nitrogens is 2. The van der Waals surface area contributed by atoms with Crippen LogP contribution in [0.15, 0.2) is 44.0 Å². The summed E-state index contributed by atoms with van der Waals surface area (Å²) >= 11 is 2.85. The van der Waals surface area contributed by atoms with Crippen LogP contribution in [0.1, 0.15) is 24.6 Å². The van der Waals surface area contributed by atoms with Gasteiger partial charge in [-0.2, -0.15) is 5.26 Å². The van der Waals surface area contributed by atoms with Gasteiger partial charge in [0.1, 0.15) is 6.07 Å². The second kappa shape index (κ2) is 7.34. The first-order valence-corrected chi connectivity index (χ1v) is 8.57. The molecule has 0 aliphatic carbocycles. The lowest BCUT2D eigenvalue weighted by Gasteiger charge is -2.07. The summed E-state index contributed by atoms with van der Waals surface area (Å²) in [6.07, 6.45) is 3.64. The van der Waals surface area contributed by atoms with Crippen molar-refractivity contribution < 1.29 is 0 Å². The van der Waals surface area contributed by atoms with Crippen LogP contribution in [0.4, 0.5) is 0 Å². The molecule has 1 heterocycles. The molecule has 0 saturated heterocycles. The highest BCUT2D eigenvalue weighted by molar-refractivity contribution is 7.99. The Bertz CT molecular complexity index is 734. The molecule has 0 unspecified atom stereocenters. The topological polar surface area (TPSA) is 69.5 Å². The highest BCUT2D eigenvalue weighted by atomic mass is 32.2. The van der Waals surface area contributed by atoms with Gasteiger partial charge in [0, 0.05) is 21.6 Å². The average Bonchev–Trinajstić information content (AvgIpc) is 2.46. The fourth-order valence-electron chi connectivity index (χ4n) is 1.90. The number of thioether (sulfide) groups is 1. The number of nitrogens with one attached hydrogen (secondary N) is 1. The zero-order valence-corrected chi connectivity index (χ0v) is 13.5. The Balaban J connectivity index is 2.39. The summed E-state index contributed by atoms with van der Waals surface area (Å²) in [5, 5.41) is 9.86. The van der Waals surface area contributed by atoms with Crippen molar-refractivity contribution >= 4 is 23.5 Å². The van der Waals surface area contributed by atoms with Crippen molar-refractivity contribution in [2.45, 2.75) is 34.7 Å². The van der Waals surface area contributed by atoms with Crippen molar-refractivity contribution in [1.82, 2.24) is 9.97 Å². The molecule has 0 saturated carbocycles. The van der Waals surface area contributed by atoms with Crippen LogP contribution in [0.2, 0.25) is 0 Å². The molecule has 0 aliphatic heterocycles. The van der Waals surface area contributed by atoms with Crippen molar-refractivity contribution in [1.29, 1.82) is 5.26 Å². The number of aryl methyl sites for hydroxylation is 1. The van der Waals surface area contributed by atoms with Crippen molar-refractivity contribution in [2.24, 2.45) is 0 Å². The molecular weight excluding hydrogens is 302 g/mol. The highest BCUT2D eigenvalue weighted by Gasteiger charge is 2.10. The van der Waals surface area contributed by atoms with Crippen molar-refractivity contribution in [3.05, 3.63) is 45.9 Å². The van der Waals surface area contributed by atoms with E-state index in [2.05, 4.69) is 16.0 Å². The van der Waals surface area contributed by atoms with E-state index in [9.17, 15) is 10.1 Å². The maximum Gasteiger partial charge on any atom is 0.251 e. The van der Waals surface area contributed by atoms with E-state index in [1.54, 1.807) is 0 Å². The molecule has 108 valence electrons. The summed E-state index contributed by atoms with van der Waals surface area (Å²) in [7, 11) is 0. The second-order valence-corrected chi connectivity index (χ2v) is 6.22. The van der Waals surface area contributed by atoms with E-state index in [1.165, 1.54) is 29.6 Å². The van der Waals surface area contributed by atoms with Gasteiger partial charge in [0.25, 0.3) is 5.56 Å². The van der Waals surface area contributed by atoms with Gasteiger partial charge in [0.15, 0.2) is 5.16 Å². The normalized spacial score (nSPS) is 10.3. The molecule has 0 spiro atoms. The largest absolute Gasteiger partial charge is 0.301 e. The standard InChI is InChI=1S/C15H15N3OS2/c1-3-5-10-8-14(19)18-15(17-10)21-13-7-4-6-12(20-2)11(13)9-16/h4,6-8H,3,5H2,1-2H3,(H,17,18,19). The van der Waals surface area contributed by atoms with Gasteiger partial charge in [-0.1, -0.05) is 31.2 Å². The first kappa shape index (κ1) is 15.7. The van der Waals surface area contributed by atoms with Gasteiger partial charge in [0.2, 0.25) is 0 Å². The number of rotatable bonds is 5. The van der Waals surface area contributed by atoms with Crippen molar-refractivity contribution in [3.8, 4) is 6.07 Å². The van der Waals surface area contributed by atoms with E-state index in [4.69, 9.17) is 0 Å². The summed E-state index contributed by atoms with van der Waals surface area (Å²) in [5.74, 6) is 0. The van der Waals surface area contributed by atoms with E-state index >= 15 is 0 Å². The Kier molecular flexibility index (Phi) is 5.48. The molecule has 0 bridgehead atoms. The Morgan fingerprint density at radius 1 is 1.38 bits per heavy atom. The quantitative estimate of drug-likeness (QED) is 0.675. The Morgan fingerprint density at radius 2 is 2.14 bits per heavy atom. The third-order valence-electron chi connectivity index (χ3n) is 2.81. The lowest BCUT2D eigenvalue weighted by Crippen LogP contribution is -2.09. The first-order valence-electron chi connectivity index (χ1n) is 6.53. The molecule has 0 aliphatic rings. The molecule has 0 atom stereocenters. The second-order valence-electron chi connectivity index (χ2n) is 4.34. The van der Waals surface area contributed by atoms with Gasteiger partial charge in [-0.25, -0.2) is 4.98 Å². The SMILES string of the molecule is CCCc1cc(=O)[nH]c(Sc2cccc(SC)c2C#N)n1. The monoisotopic (exact) mass is 317 g/mol.